The molecule has 164 valence electrons. The van der Waals surface area contributed by atoms with Crippen molar-refractivity contribution in [1.82, 2.24) is 9.78 Å². The molecule has 2 atom stereocenters. The highest BCUT2D eigenvalue weighted by Gasteiger charge is 2.43. The van der Waals surface area contributed by atoms with Gasteiger partial charge in [-0.25, -0.2) is 4.57 Å². The number of rotatable bonds is 1. The minimum atomic E-state index is -6.00. The fourth-order valence-electron chi connectivity index (χ4n) is 3.80. The van der Waals surface area contributed by atoms with Crippen molar-refractivity contribution in [1.29, 1.82) is 0 Å². The molecule has 2 aromatic carbocycles. The van der Waals surface area contributed by atoms with Crippen molar-refractivity contribution >= 4 is 58.0 Å². The van der Waals surface area contributed by atoms with Gasteiger partial charge < -0.3 is 22.0 Å². The van der Waals surface area contributed by atoms with Gasteiger partial charge in [-0.1, -0.05) is 61.5 Å². The van der Waals surface area contributed by atoms with E-state index in [1.54, 1.807) is 16.8 Å². The van der Waals surface area contributed by atoms with Gasteiger partial charge in [-0.15, -0.1) is 0 Å². The number of ether oxygens (including phenoxy) is 1. The molecule has 0 fully saturated rings. The van der Waals surface area contributed by atoms with Crippen LogP contribution in [0.3, 0.4) is 0 Å². The summed E-state index contributed by atoms with van der Waals surface area (Å²) in [4.78, 5) is 0. The number of hydrogen-bond acceptors (Lipinski definition) is 2. The van der Waals surface area contributed by atoms with Crippen LogP contribution in [0, 0.1) is 0 Å². The maximum atomic E-state index is 9.75. The molecular formula is C18H12BBrCl3F4N3O. The van der Waals surface area contributed by atoms with Gasteiger partial charge in [0.1, 0.15) is 18.8 Å². The second-order valence-corrected chi connectivity index (χ2v) is 9.10. The van der Waals surface area contributed by atoms with E-state index in [2.05, 4.69) is 43.8 Å². The molecule has 1 aliphatic heterocycles. The second-order valence-electron chi connectivity index (χ2n) is 6.94. The van der Waals surface area contributed by atoms with Gasteiger partial charge >= 0.3 is 13.1 Å². The molecule has 1 aromatic heterocycles. The van der Waals surface area contributed by atoms with Gasteiger partial charge in [0.2, 0.25) is 6.33 Å². The first kappa shape index (κ1) is 22.9. The number of hydrogen-bond donors (Lipinski definition) is 0. The molecule has 1 aliphatic carbocycles. The van der Waals surface area contributed by atoms with Crippen LogP contribution < -0.4 is 4.57 Å². The lowest BCUT2D eigenvalue weighted by Crippen LogP contribution is -2.51. The molecule has 13 heteroatoms. The van der Waals surface area contributed by atoms with E-state index in [9.17, 15) is 17.3 Å². The van der Waals surface area contributed by atoms with Crippen molar-refractivity contribution in [3.8, 4) is 5.69 Å². The molecule has 4 nitrogen and oxygen atoms in total. The maximum absolute atomic E-state index is 9.75. The van der Waals surface area contributed by atoms with E-state index in [0.29, 0.717) is 27.4 Å². The Bertz CT molecular complexity index is 1130. The van der Waals surface area contributed by atoms with Gasteiger partial charge in [-0.2, -0.15) is 0 Å². The average molecular weight is 559 g/mol. The highest BCUT2D eigenvalue weighted by Crippen LogP contribution is 2.38. The summed E-state index contributed by atoms with van der Waals surface area (Å²) in [6, 6.07) is 9.79. The normalized spacial score (nSPS) is 19.2. The van der Waals surface area contributed by atoms with Crippen molar-refractivity contribution in [3.05, 3.63) is 73.2 Å². The Morgan fingerprint density at radius 3 is 2.39 bits per heavy atom. The van der Waals surface area contributed by atoms with Crippen LogP contribution in [0.5, 0.6) is 0 Å². The van der Waals surface area contributed by atoms with Crippen LogP contribution in [0.2, 0.25) is 15.1 Å². The standard InChI is InChI=1S/C18H12BrCl3N3O.BF4/c19-10-2-1-9-3-15-17(12(9)4-10)24-8-25(23-16(24)7-26-15)18-13(21)5-11(20)6-14(18)22;2-1(3,4)5/h1-2,4-6,8,15,17H,3,7H2;/q+1;-1/t15-,17+;/m1./s1. The summed E-state index contributed by atoms with van der Waals surface area (Å²) in [5.74, 6) is 0.834. The van der Waals surface area contributed by atoms with Crippen molar-refractivity contribution < 1.29 is 26.6 Å². The maximum Gasteiger partial charge on any atom is 0.673 e. The molecule has 0 bridgehead atoms. The van der Waals surface area contributed by atoms with Crippen LogP contribution in [0.25, 0.3) is 5.69 Å². The molecular weight excluding hydrogens is 547 g/mol. The lowest BCUT2D eigenvalue weighted by molar-refractivity contribution is -0.739. The summed E-state index contributed by atoms with van der Waals surface area (Å²) in [5, 5.41) is 6.06. The zero-order chi connectivity index (χ0) is 22.5. The van der Waals surface area contributed by atoms with Crippen molar-refractivity contribution in [2.24, 2.45) is 0 Å². The Hall–Kier alpha value is -1.33. The molecule has 0 saturated carbocycles. The average Bonchev–Trinajstić information content (AvgIpc) is 3.19. The molecule has 2 heterocycles. The third-order valence-electron chi connectivity index (χ3n) is 4.89. The molecule has 0 N–H and O–H groups in total. The van der Waals surface area contributed by atoms with E-state index in [-0.39, 0.29) is 12.1 Å². The number of benzene rings is 2. The van der Waals surface area contributed by atoms with Crippen molar-refractivity contribution in [2.45, 2.75) is 25.2 Å². The summed E-state index contributed by atoms with van der Waals surface area (Å²) >= 11 is 22.3. The van der Waals surface area contributed by atoms with E-state index in [1.165, 1.54) is 11.1 Å². The predicted molar refractivity (Wildman–Crippen MR) is 114 cm³/mol. The summed E-state index contributed by atoms with van der Waals surface area (Å²) in [6.45, 7) is 0.451. The number of halogens is 8. The summed E-state index contributed by atoms with van der Waals surface area (Å²) in [7, 11) is -6.00. The molecule has 31 heavy (non-hydrogen) atoms. The summed E-state index contributed by atoms with van der Waals surface area (Å²) in [6.07, 6.45) is 2.94. The van der Waals surface area contributed by atoms with Gasteiger partial charge in [-0.05, 0) is 35.4 Å². The predicted octanol–water partition coefficient (Wildman–Crippen LogP) is 6.23. The molecule has 0 radical (unpaired) electrons. The van der Waals surface area contributed by atoms with Crippen LogP contribution in [0.4, 0.5) is 17.3 Å². The van der Waals surface area contributed by atoms with E-state index < -0.39 is 7.25 Å². The quantitative estimate of drug-likeness (QED) is 0.201. The highest BCUT2D eigenvalue weighted by atomic mass is 79.9. The SMILES string of the molecule is Clc1cc(Cl)c(-n2c[n+]3c(n2)CO[C@@H]2Cc4ccc(Br)cc4[C@@H]23)c(Cl)c1.F[B-](F)(F)F. The third-order valence-corrected chi connectivity index (χ3v) is 6.18. The third kappa shape index (κ3) is 4.88. The molecule has 0 unspecified atom stereocenters. The van der Waals surface area contributed by atoms with Crippen LogP contribution in [-0.4, -0.2) is 23.1 Å². The Morgan fingerprint density at radius 1 is 1.10 bits per heavy atom. The van der Waals surface area contributed by atoms with E-state index in [0.717, 1.165) is 16.7 Å². The molecule has 2 aliphatic rings. The molecule has 0 amide bonds. The zero-order valence-electron chi connectivity index (χ0n) is 15.4. The molecule has 0 spiro atoms. The van der Waals surface area contributed by atoms with Crippen LogP contribution in [-0.2, 0) is 17.8 Å². The van der Waals surface area contributed by atoms with E-state index in [1.807, 2.05) is 6.33 Å². The Kier molecular flexibility index (Phi) is 6.31. The zero-order valence-corrected chi connectivity index (χ0v) is 19.2. The topological polar surface area (TPSA) is 30.9 Å². The fourth-order valence-corrected chi connectivity index (χ4v) is 5.17. The van der Waals surface area contributed by atoms with Gasteiger partial charge in [0.25, 0.3) is 0 Å². The van der Waals surface area contributed by atoms with Gasteiger partial charge in [0.15, 0.2) is 5.69 Å². The van der Waals surface area contributed by atoms with Crippen LogP contribution >= 0.6 is 50.7 Å². The van der Waals surface area contributed by atoms with Gasteiger partial charge in [0.05, 0.1) is 10.0 Å². The first-order valence-electron chi connectivity index (χ1n) is 8.93. The van der Waals surface area contributed by atoms with E-state index >= 15 is 0 Å². The smallest absolute Gasteiger partial charge is 0.418 e. The summed E-state index contributed by atoms with van der Waals surface area (Å²) < 4.78 is 50.0. The Labute approximate surface area is 197 Å². The lowest BCUT2D eigenvalue weighted by atomic mass is 10.1. The van der Waals surface area contributed by atoms with Crippen LogP contribution in [0.15, 0.2) is 41.1 Å². The molecule has 0 saturated heterocycles. The Balaban J connectivity index is 0.000000418. The molecule has 3 aromatic rings. The Morgan fingerprint density at radius 2 is 1.74 bits per heavy atom. The minimum Gasteiger partial charge on any atom is -0.418 e. The highest BCUT2D eigenvalue weighted by molar-refractivity contribution is 9.10. The van der Waals surface area contributed by atoms with Gasteiger partial charge in [-0.3, -0.25) is 0 Å². The first-order valence-corrected chi connectivity index (χ1v) is 10.9. The fraction of sp³-hybridized carbons (Fsp3) is 0.222. The monoisotopic (exact) mass is 557 g/mol. The number of nitrogens with zero attached hydrogens (tertiary/aromatic N) is 3. The van der Waals surface area contributed by atoms with Crippen molar-refractivity contribution in [2.75, 3.05) is 0 Å². The second kappa shape index (κ2) is 8.55. The minimum absolute atomic E-state index is 0.0878. The lowest BCUT2D eigenvalue weighted by Gasteiger charge is -2.23. The van der Waals surface area contributed by atoms with Crippen molar-refractivity contribution in [3.63, 3.8) is 0 Å². The van der Waals surface area contributed by atoms with Crippen LogP contribution in [0.1, 0.15) is 23.0 Å². The number of aromatic nitrogens is 3. The largest absolute Gasteiger partial charge is 0.673 e. The molecule has 5 rings (SSSR count). The number of fused-ring (bicyclic) bond motifs is 5. The van der Waals surface area contributed by atoms with E-state index in [4.69, 9.17) is 39.5 Å². The van der Waals surface area contributed by atoms with Gasteiger partial charge in [0, 0.05) is 21.0 Å². The summed E-state index contributed by atoms with van der Waals surface area (Å²) in [5.41, 5.74) is 3.17. The first-order chi connectivity index (χ1) is 14.5.